The molecule has 108 valence electrons. The molecule has 2 rings (SSSR count). The minimum absolute atomic E-state index is 0.239. The van der Waals surface area contributed by atoms with E-state index in [1.807, 2.05) is 24.3 Å². The maximum Gasteiger partial charge on any atom is 0.338 e. The fraction of sp³-hybridized carbons (Fsp3) is 0.438. The molecule has 1 aliphatic rings. The second-order valence-corrected chi connectivity index (χ2v) is 4.70. The highest BCUT2D eigenvalue weighted by Gasteiger charge is 2.25. The second kappa shape index (κ2) is 6.98. The summed E-state index contributed by atoms with van der Waals surface area (Å²) in [6.45, 7) is 3.11. The van der Waals surface area contributed by atoms with Crippen molar-refractivity contribution in [3.63, 3.8) is 0 Å². The Hall–Kier alpha value is -1.97. The lowest BCUT2D eigenvalue weighted by molar-refractivity contribution is -0.136. The summed E-state index contributed by atoms with van der Waals surface area (Å²) in [6.07, 6.45) is 2.70. The van der Waals surface area contributed by atoms with E-state index in [9.17, 15) is 4.79 Å². The summed E-state index contributed by atoms with van der Waals surface area (Å²) in [5.41, 5.74) is 1.64. The van der Waals surface area contributed by atoms with Crippen molar-refractivity contribution in [2.45, 2.75) is 26.2 Å². The van der Waals surface area contributed by atoms with Crippen LogP contribution < -0.4 is 4.74 Å². The van der Waals surface area contributed by atoms with Gasteiger partial charge in [-0.1, -0.05) is 25.5 Å². The largest absolute Gasteiger partial charge is 0.497 e. The highest BCUT2D eigenvalue weighted by molar-refractivity contribution is 5.91. The molecule has 0 unspecified atom stereocenters. The Balaban J connectivity index is 1.98. The van der Waals surface area contributed by atoms with E-state index >= 15 is 0 Å². The third-order valence-electron chi connectivity index (χ3n) is 3.23. The molecule has 4 nitrogen and oxygen atoms in total. The molecule has 0 aliphatic carbocycles. The summed E-state index contributed by atoms with van der Waals surface area (Å²) in [4.78, 5) is 11.6. The lowest BCUT2D eigenvalue weighted by Gasteiger charge is -2.07. The van der Waals surface area contributed by atoms with Gasteiger partial charge in [0.2, 0.25) is 0 Å². The molecule has 4 heteroatoms. The molecule has 1 aromatic carbocycles. The highest BCUT2D eigenvalue weighted by atomic mass is 16.6. The van der Waals surface area contributed by atoms with Crippen LogP contribution in [0.25, 0.3) is 0 Å². The van der Waals surface area contributed by atoms with E-state index in [-0.39, 0.29) is 12.6 Å². The quantitative estimate of drug-likeness (QED) is 0.567. The Labute approximate surface area is 119 Å². The van der Waals surface area contributed by atoms with Crippen LogP contribution in [-0.2, 0) is 20.7 Å². The summed E-state index contributed by atoms with van der Waals surface area (Å²) in [5.74, 6) is 1.19. The zero-order valence-electron chi connectivity index (χ0n) is 12.0. The first-order valence-electron chi connectivity index (χ1n) is 6.89. The van der Waals surface area contributed by atoms with E-state index < -0.39 is 0 Å². The van der Waals surface area contributed by atoms with E-state index in [1.54, 1.807) is 7.11 Å². The molecule has 1 aliphatic heterocycles. The molecule has 1 heterocycles. The number of carbonyl (C=O) groups is 1. The van der Waals surface area contributed by atoms with Crippen molar-refractivity contribution in [1.82, 2.24) is 0 Å². The molecule has 0 saturated heterocycles. The second-order valence-electron chi connectivity index (χ2n) is 4.70. The summed E-state index contributed by atoms with van der Waals surface area (Å²) < 4.78 is 15.7. The molecule has 0 saturated carbocycles. The van der Waals surface area contributed by atoms with Crippen LogP contribution in [0.5, 0.6) is 5.75 Å². The van der Waals surface area contributed by atoms with E-state index in [0.717, 1.165) is 30.8 Å². The molecule has 0 spiro atoms. The van der Waals surface area contributed by atoms with Gasteiger partial charge in [0.15, 0.2) is 0 Å². The highest BCUT2D eigenvalue weighted by Crippen LogP contribution is 2.22. The van der Waals surface area contributed by atoms with Crippen LogP contribution >= 0.6 is 0 Å². The number of hydrogen-bond donors (Lipinski definition) is 0. The molecule has 0 fully saturated rings. The van der Waals surface area contributed by atoms with Gasteiger partial charge in [0, 0.05) is 6.42 Å². The van der Waals surface area contributed by atoms with E-state index in [0.29, 0.717) is 17.8 Å². The molecule has 0 radical (unpaired) electrons. The van der Waals surface area contributed by atoms with Crippen molar-refractivity contribution < 1.29 is 19.0 Å². The van der Waals surface area contributed by atoms with Gasteiger partial charge in [-0.3, -0.25) is 0 Å². The van der Waals surface area contributed by atoms with E-state index in [2.05, 4.69) is 6.92 Å². The van der Waals surface area contributed by atoms with Gasteiger partial charge in [0.05, 0.1) is 19.3 Å². The third-order valence-corrected chi connectivity index (χ3v) is 3.23. The van der Waals surface area contributed by atoms with Gasteiger partial charge in [0.1, 0.15) is 18.1 Å². The number of methoxy groups -OCH3 is 1. The number of esters is 1. The number of ether oxygens (including phenoxy) is 3. The van der Waals surface area contributed by atoms with Gasteiger partial charge in [-0.2, -0.15) is 0 Å². The number of cyclic esters (lactones) is 1. The zero-order chi connectivity index (χ0) is 14.4. The molecule has 20 heavy (non-hydrogen) atoms. The number of unbranched alkanes of at least 4 members (excludes halogenated alkanes) is 1. The summed E-state index contributed by atoms with van der Waals surface area (Å²) in [5, 5.41) is 0. The molecular weight excluding hydrogens is 256 g/mol. The van der Waals surface area contributed by atoms with Gasteiger partial charge in [0.25, 0.3) is 0 Å². The molecule has 0 bridgehead atoms. The molecule has 0 N–H and O–H groups in total. The average Bonchev–Trinajstić information content (AvgIpc) is 2.82. The standard InChI is InChI=1S/C16H20O4/c1-3-4-9-19-13-7-5-12(6-8-13)10-14-15(18-2)11-20-16(14)17/h5-8H,3-4,9-11H2,1-2H3. The first-order valence-corrected chi connectivity index (χ1v) is 6.89. The number of rotatable bonds is 7. The lowest BCUT2D eigenvalue weighted by Crippen LogP contribution is -2.03. The maximum atomic E-state index is 11.6. The molecule has 0 atom stereocenters. The van der Waals surface area contributed by atoms with Crippen LogP contribution in [0.1, 0.15) is 25.3 Å². The Morgan fingerprint density at radius 3 is 2.65 bits per heavy atom. The molecular formula is C16H20O4. The summed E-state index contributed by atoms with van der Waals surface area (Å²) in [6, 6.07) is 7.79. The van der Waals surface area contributed by atoms with Crippen LogP contribution in [0.2, 0.25) is 0 Å². The fourth-order valence-electron chi connectivity index (χ4n) is 2.01. The van der Waals surface area contributed by atoms with Gasteiger partial charge >= 0.3 is 5.97 Å². The van der Waals surface area contributed by atoms with Crippen LogP contribution in [0.3, 0.4) is 0 Å². The number of hydrogen-bond acceptors (Lipinski definition) is 4. The average molecular weight is 276 g/mol. The topological polar surface area (TPSA) is 44.8 Å². The van der Waals surface area contributed by atoms with Crippen molar-refractivity contribution in [2.75, 3.05) is 20.3 Å². The predicted molar refractivity (Wildman–Crippen MR) is 75.5 cm³/mol. The molecule has 0 amide bonds. The Morgan fingerprint density at radius 2 is 2.00 bits per heavy atom. The van der Waals surface area contributed by atoms with Crippen molar-refractivity contribution >= 4 is 5.97 Å². The Morgan fingerprint density at radius 1 is 1.25 bits per heavy atom. The van der Waals surface area contributed by atoms with Crippen LogP contribution in [0, 0.1) is 0 Å². The van der Waals surface area contributed by atoms with Gasteiger partial charge in [-0.05, 0) is 24.1 Å². The fourth-order valence-corrected chi connectivity index (χ4v) is 2.01. The minimum atomic E-state index is -0.287. The molecule has 1 aromatic rings. The molecule has 0 aromatic heterocycles. The van der Waals surface area contributed by atoms with Crippen LogP contribution in [0.4, 0.5) is 0 Å². The summed E-state index contributed by atoms with van der Waals surface area (Å²) >= 11 is 0. The smallest absolute Gasteiger partial charge is 0.338 e. The van der Waals surface area contributed by atoms with Crippen molar-refractivity contribution in [2.24, 2.45) is 0 Å². The van der Waals surface area contributed by atoms with Crippen LogP contribution in [-0.4, -0.2) is 26.3 Å². The van der Waals surface area contributed by atoms with Gasteiger partial charge < -0.3 is 14.2 Å². The Bertz CT molecular complexity index is 488. The van der Waals surface area contributed by atoms with Crippen molar-refractivity contribution in [1.29, 1.82) is 0 Å². The minimum Gasteiger partial charge on any atom is -0.497 e. The SMILES string of the molecule is CCCCOc1ccc(CC2=C(OC)COC2=O)cc1. The Kier molecular flexibility index (Phi) is 5.04. The van der Waals surface area contributed by atoms with E-state index in [4.69, 9.17) is 14.2 Å². The van der Waals surface area contributed by atoms with Gasteiger partial charge in [-0.15, -0.1) is 0 Å². The van der Waals surface area contributed by atoms with Crippen LogP contribution in [0.15, 0.2) is 35.6 Å². The zero-order valence-corrected chi connectivity index (χ0v) is 12.0. The van der Waals surface area contributed by atoms with Gasteiger partial charge in [-0.25, -0.2) is 4.79 Å². The first-order chi connectivity index (χ1) is 9.74. The predicted octanol–water partition coefficient (Wildman–Crippen LogP) is 2.87. The third kappa shape index (κ3) is 3.53. The normalized spacial score (nSPS) is 14.4. The summed E-state index contributed by atoms with van der Waals surface area (Å²) in [7, 11) is 1.56. The maximum absolute atomic E-state index is 11.6. The first kappa shape index (κ1) is 14.4. The lowest BCUT2D eigenvalue weighted by atomic mass is 10.1. The van der Waals surface area contributed by atoms with Crippen molar-refractivity contribution in [3.8, 4) is 5.75 Å². The number of benzene rings is 1. The monoisotopic (exact) mass is 276 g/mol. The number of carbonyl (C=O) groups excluding carboxylic acids is 1. The van der Waals surface area contributed by atoms with Crippen molar-refractivity contribution in [3.05, 3.63) is 41.2 Å². The van der Waals surface area contributed by atoms with E-state index in [1.165, 1.54) is 0 Å².